The molecule has 2 aromatic rings. The normalized spacial score (nSPS) is 11.8. The van der Waals surface area contributed by atoms with E-state index in [2.05, 4.69) is 21.8 Å². The van der Waals surface area contributed by atoms with Gasteiger partial charge in [-0.1, -0.05) is 32.1 Å². The van der Waals surface area contributed by atoms with Crippen molar-refractivity contribution in [2.24, 2.45) is 0 Å². The van der Waals surface area contributed by atoms with E-state index in [0.717, 1.165) is 12.8 Å². The highest BCUT2D eigenvalue weighted by Gasteiger charge is 2.13. The van der Waals surface area contributed by atoms with Crippen molar-refractivity contribution in [1.29, 1.82) is 0 Å². The summed E-state index contributed by atoms with van der Waals surface area (Å²) in [6, 6.07) is 1.25. The van der Waals surface area contributed by atoms with Gasteiger partial charge in [0.05, 0.1) is 0 Å². The van der Waals surface area contributed by atoms with Crippen LogP contribution in [-0.2, 0) is 6.42 Å². The van der Waals surface area contributed by atoms with E-state index in [1.807, 2.05) is 6.92 Å². The van der Waals surface area contributed by atoms with Crippen LogP contribution in [0.15, 0.2) is 20.1 Å². The molecule has 0 aliphatic carbocycles. The van der Waals surface area contributed by atoms with E-state index >= 15 is 0 Å². The van der Waals surface area contributed by atoms with Gasteiger partial charge < -0.3 is 14.3 Å². The highest BCUT2D eigenvalue weighted by Crippen LogP contribution is 2.15. The molecule has 7 nitrogen and oxygen atoms in total. The Hall–Kier alpha value is -2.59. The maximum absolute atomic E-state index is 12.3. The molecule has 128 valence electrons. The van der Waals surface area contributed by atoms with E-state index in [-0.39, 0.29) is 23.7 Å². The van der Waals surface area contributed by atoms with Crippen molar-refractivity contribution in [1.82, 2.24) is 9.97 Å². The summed E-state index contributed by atoms with van der Waals surface area (Å²) in [7, 11) is 0. The first-order chi connectivity index (χ1) is 11.5. The van der Waals surface area contributed by atoms with Gasteiger partial charge in [-0.2, -0.15) is 4.98 Å². The van der Waals surface area contributed by atoms with E-state index in [0.29, 0.717) is 18.4 Å². The van der Waals surface area contributed by atoms with Crippen LogP contribution in [0.25, 0.3) is 11.1 Å². The third-order valence-electron chi connectivity index (χ3n) is 3.41. The molecule has 2 rings (SSSR count). The lowest BCUT2D eigenvalue weighted by atomic mass is 10.1. The summed E-state index contributed by atoms with van der Waals surface area (Å²) in [6.45, 7) is 3.78. The number of nitrogens with zero attached hydrogens (tertiary/aromatic N) is 1. The molecule has 0 aromatic carbocycles. The largest absolute Gasteiger partial charge is 0.451 e. The summed E-state index contributed by atoms with van der Waals surface area (Å²) in [5.74, 6) is 5.21. The predicted molar refractivity (Wildman–Crippen MR) is 89.1 cm³/mol. The average Bonchev–Trinajstić information content (AvgIpc) is 2.55. The van der Waals surface area contributed by atoms with Crippen molar-refractivity contribution in [3.63, 3.8) is 0 Å². The second kappa shape index (κ2) is 8.31. The van der Waals surface area contributed by atoms with Crippen LogP contribution in [0.5, 0.6) is 6.01 Å². The van der Waals surface area contributed by atoms with E-state index in [9.17, 15) is 14.7 Å². The SMILES string of the molecule is CCCCc1cc(=O)oc2nc(OCC#CC(O)CC)[nH]c(=O)c12. The molecule has 0 radical (unpaired) electrons. The molecule has 0 saturated heterocycles. The molecule has 1 atom stereocenters. The molecule has 2 heterocycles. The van der Waals surface area contributed by atoms with Crippen molar-refractivity contribution in [2.75, 3.05) is 6.61 Å². The lowest BCUT2D eigenvalue weighted by Crippen LogP contribution is -2.15. The zero-order valence-electron chi connectivity index (χ0n) is 13.7. The van der Waals surface area contributed by atoms with Gasteiger partial charge in [0.2, 0.25) is 5.71 Å². The Morgan fingerprint density at radius 1 is 1.42 bits per heavy atom. The molecule has 0 amide bonds. The third kappa shape index (κ3) is 4.46. The Balaban J connectivity index is 2.30. The number of rotatable bonds is 6. The van der Waals surface area contributed by atoms with Crippen molar-refractivity contribution in [2.45, 2.75) is 45.6 Å². The van der Waals surface area contributed by atoms with Crippen LogP contribution >= 0.6 is 0 Å². The van der Waals surface area contributed by atoms with E-state index in [4.69, 9.17) is 9.15 Å². The molecule has 2 aromatic heterocycles. The molecular formula is C17H20N2O5. The van der Waals surface area contributed by atoms with Crippen molar-refractivity contribution < 1.29 is 14.3 Å². The minimum absolute atomic E-state index is 0.0473. The Morgan fingerprint density at radius 2 is 2.21 bits per heavy atom. The number of hydrogen-bond acceptors (Lipinski definition) is 6. The van der Waals surface area contributed by atoms with Gasteiger partial charge in [0, 0.05) is 6.07 Å². The minimum Gasteiger partial charge on any atom is -0.451 e. The Labute approximate surface area is 138 Å². The first-order valence-corrected chi connectivity index (χ1v) is 7.91. The summed E-state index contributed by atoms with van der Waals surface area (Å²) in [5, 5.41) is 9.59. The lowest BCUT2D eigenvalue weighted by molar-refractivity contribution is 0.228. The quantitative estimate of drug-likeness (QED) is 0.774. The average molecular weight is 332 g/mol. The maximum Gasteiger partial charge on any atom is 0.337 e. The standard InChI is InChI=1S/C17H20N2O5/c1-3-5-7-11-10-13(21)24-16-14(11)15(22)18-17(19-16)23-9-6-8-12(20)4-2/h10,12,20H,3-5,7,9H2,1-2H3,(H,18,19,22). The number of unbranched alkanes of at least 4 members (excludes halogenated alkanes) is 1. The van der Waals surface area contributed by atoms with Gasteiger partial charge >= 0.3 is 11.6 Å². The van der Waals surface area contributed by atoms with Crippen LogP contribution in [0.4, 0.5) is 0 Å². The highest BCUT2D eigenvalue weighted by atomic mass is 16.5. The Morgan fingerprint density at radius 3 is 2.92 bits per heavy atom. The second-order valence-corrected chi connectivity index (χ2v) is 5.28. The first-order valence-electron chi connectivity index (χ1n) is 7.91. The Bertz CT molecular complexity index is 872. The summed E-state index contributed by atoms with van der Waals surface area (Å²) in [6.07, 6.45) is 2.20. The van der Waals surface area contributed by atoms with Crippen molar-refractivity contribution in [3.05, 3.63) is 32.4 Å². The number of aliphatic hydroxyl groups is 1. The molecular weight excluding hydrogens is 312 g/mol. The second-order valence-electron chi connectivity index (χ2n) is 5.28. The van der Waals surface area contributed by atoms with Gasteiger partial charge in [-0.25, -0.2) is 4.79 Å². The molecule has 0 saturated carbocycles. The zero-order valence-corrected chi connectivity index (χ0v) is 13.7. The van der Waals surface area contributed by atoms with Gasteiger partial charge in [-0.15, -0.1) is 0 Å². The number of H-pyrrole nitrogens is 1. The maximum atomic E-state index is 12.3. The van der Waals surface area contributed by atoms with Gasteiger partial charge in [-0.05, 0) is 24.8 Å². The molecule has 2 N–H and O–H groups in total. The lowest BCUT2D eigenvalue weighted by Gasteiger charge is -2.05. The number of aliphatic hydroxyl groups excluding tert-OH is 1. The molecule has 24 heavy (non-hydrogen) atoms. The molecule has 0 aliphatic rings. The van der Waals surface area contributed by atoms with Gasteiger partial charge in [0.25, 0.3) is 5.56 Å². The minimum atomic E-state index is -0.712. The van der Waals surface area contributed by atoms with Crippen LogP contribution < -0.4 is 15.9 Å². The number of nitrogens with one attached hydrogen (secondary N) is 1. The number of hydrogen-bond donors (Lipinski definition) is 2. The summed E-state index contributed by atoms with van der Waals surface area (Å²) >= 11 is 0. The van der Waals surface area contributed by atoms with E-state index in [1.165, 1.54) is 6.07 Å². The van der Waals surface area contributed by atoms with Crippen LogP contribution in [0.3, 0.4) is 0 Å². The molecule has 0 bridgehead atoms. The van der Waals surface area contributed by atoms with Crippen LogP contribution in [0.1, 0.15) is 38.7 Å². The summed E-state index contributed by atoms with van der Waals surface area (Å²) in [4.78, 5) is 30.5. The van der Waals surface area contributed by atoms with Crippen molar-refractivity contribution >= 4 is 11.1 Å². The number of aryl methyl sites for hydroxylation is 1. The number of ether oxygens (including phenoxy) is 1. The fraction of sp³-hybridized carbons (Fsp3) is 0.471. The van der Waals surface area contributed by atoms with Gasteiger partial charge in [0.1, 0.15) is 11.5 Å². The highest BCUT2D eigenvalue weighted by molar-refractivity contribution is 5.75. The Kier molecular flexibility index (Phi) is 6.15. The molecule has 7 heteroatoms. The first kappa shape index (κ1) is 17.8. The predicted octanol–water partition coefficient (Wildman–Crippen LogP) is 1.37. The van der Waals surface area contributed by atoms with Crippen molar-refractivity contribution in [3.8, 4) is 17.9 Å². The van der Waals surface area contributed by atoms with Crippen LogP contribution in [-0.4, -0.2) is 27.8 Å². The molecule has 0 fully saturated rings. The van der Waals surface area contributed by atoms with E-state index < -0.39 is 17.3 Å². The van der Waals surface area contributed by atoms with E-state index in [1.54, 1.807) is 6.92 Å². The number of aromatic amines is 1. The molecule has 1 unspecified atom stereocenters. The zero-order chi connectivity index (χ0) is 17.5. The van der Waals surface area contributed by atoms with Gasteiger partial charge in [0.15, 0.2) is 6.61 Å². The monoisotopic (exact) mass is 332 g/mol. The molecule has 0 aliphatic heterocycles. The fourth-order valence-electron chi connectivity index (χ4n) is 2.13. The third-order valence-corrected chi connectivity index (χ3v) is 3.41. The van der Waals surface area contributed by atoms with Gasteiger partial charge in [-0.3, -0.25) is 9.78 Å². The summed E-state index contributed by atoms with van der Waals surface area (Å²) in [5.41, 5.74) is -0.405. The van der Waals surface area contributed by atoms with Crippen LogP contribution in [0.2, 0.25) is 0 Å². The topological polar surface area (TPSA) is 105 Å². The smallest absolute Gasteiger partial charge is 0.337 e. The number of fused-ring (bicyclic) bond motifs is 1. The number of aromatic nitrogens is 2. The molecule has 0 spiro atoms. The fourth-order valence-corrected chi connectivity index (χ4v) is 2.13. The van der Waals surface area contributed by atoms with Crippen LogP contribution in [0, 0.1) is 11.8 Å². The summed E-state index contributed by atoms with van der Waals surface area (Å²) < 4.78 is 10.3.